The van der Waals surface area contributed by atoms with E-state index in [0.717, 1.165) is 28.2 Å². The van der Waals surface area contributed by atoms with Gasteiger partial charge in [-0.2, -0.15) is 0 Å². The van der Waals surface area contributed by atoms with E-state index < -0.39 is 0 Å². The molecule has 2 aromatic carbocycles. The Labute approximate surface area is 152 Å². The van der Waals surface area contributed by atoms with E-state index in [-0.39, 0.29) is 5.75 Å². The van der Waals surface area contributed by atoms with E-state index in [1.54, 1.807) is 19.2 Å². The smallest absolute Gasteiger partial charge is 0.160 e. The molecule has 2 heterocycles. The highest BCUT2D eigenvalue weighted by Gasteiger charge is 2.14. The molecule has 0 spiro atoms. The molecule has 0 bridgehead atoms. The Morgan fingerprint density at radius 3 is 2.46 bits per heavy atom. The number of aromatic hydroxyl groups is 1. The molecular weight excluding hydrogens is 324 g/mol. The van der Waals surface area contributed by atoms with Crippen molar-refractivity contribution in [1.82, 2.24) is 9.38 Å². The average Bonchev–Trinajstić information content (AvgIpc) is 2.96. The molecule has 0 unspecified atom stereocenters. The molecule has 4 aromatic rings. The lowest BCUT2D eigenvalue weighted by Gasteiger charge is -2.09. The van der Waals surface area contributed by atoms with Crippen molar-refractivity contribution in [3.63, 3.8) is 0 Å². The second kappa shape index (κ2) is 6.23. The summed E-state index contributed by atoms with van der Waals surface area (Å²) in [4.78, 5) is 4.66. The van der Waals surface area contributed by atoms with Gasteiger partial charge in [-0.3, -0.25) is 4.40 Å². The number of nitrogens with zero attached hydrogens (tertiary/aromatic N) is 2. The number of phenols is 1. The van der Waals surface area contributed by atoms with Crippen molar-refractivity contribution in [2.75, 3.05) is 7.11 Å². The average molecular weight is 344 g/mol. The first-order valence-corrected chi connectivity index (χ1v) is 8.50. The number of ether oxygens (including phenoxy) is 1. The minimum Gasteiger partial charge on any atom is -0.504 e. The van der Waals surface area contributed by atoms with Crippen LogP contribution in [0.15, 0.2) is 60.8 Å². The van der Waals surface area contributed by atoms with Crippen molar-refractivity contribution in [2.24, 2.45) is 0 Å². The van der Waals surface area contributed by atoms with Gasteiger partial charge in [0, 0.05) is 11.8 Å². The molecule has 0 radical (unpaired) electrons. The summed E-state index contributed by atoms with van der Waals surface area (Å²) in [5.74, 6) is 0.579. The second-order valence-corrected chi connectivity index (χ2v) is 6.45. The number of benzene rings is 2. The van der Waals surface area contributed by atoms with Crippen LogP contribution in [0.25, 0.3) is 28.0 Å². The van der Waals surface area contributed by atoms with E-state index in [9.17, 15) is 5.11 Å². The Hall–Kier alpha value is -3.27. The van der Waals surface area contributed by atoms with Crippen LogP contribution in [0.1, 0.15) is 11.3 Å². The van der Waals surface area contributed by atoms with E-state index >= 15 is 0 Å². The van der Waals surface area contributed by atoms with E-state index in [1.165, 1.54) is 11.1 Å². The minimum atomic E-state index is 0.120. The Morgan fingerprint density at radius 2 is 1.73 bits per heavy atom. The molecule has 4 rings (SSSR count). The van der Waals surface area contributed by atoms with E-state index in [4.69, 9.17) is 4.74 Å². The SMILES string of the molecule is COc1ccc(-c2c(C)nc3ccc(-c4cccc(C)c4)cn23)cc1O. The maximum Gasteiger partial charge on any atom is 0.160 e. The number of methoxy groups -OCH3 is 1. The first-order valence-electron chi connectivity index (χ1n) is 8.50. The molecule has 0 fully saturated rings. The Balaban J connectivity index is 1.91. The Morgan fingerprint density at radius 1 is 0.923 bits per heavy atom. The van der Waals surface area contributed by atoms with E-state index in [1.807, 2.05) is 19.1 Å². The van der Waals surface area contributed by atoms with Crippen molar-refractivity contribution >= 4 is 5.65 Å². The third kappa shape index (κ3) is 2.69. The monoisotopic (exact) mass is 344 g/mol. The third-order valence-corrected chi connectivity index (χ3v) is 4.60. The molecule has 2 aromatic heterocycles. The summed E-state index contributed by atoms with van der Waals surface area (Å²) in [6.45, 7) is 4.07. The van der Waals surface area contributed by atoms with E-state index in [2.05, 4.69) is 52.8 Å². The quantitative estimate of drug-likeness (QED) is 0.569. The maximum atomic E-state index is 10.2. The summed E-state index contributed by atoms with van der Waals surface area (Å²) in [6.07, 6.45) is 2.10. The maximum absolute atomic E-state index is 10.2. The zero-order valence-corrected chi connectivity index (χ0v) is 15.0. The predicted octanol–water partition coefficient (Wildman–Crippen LogP) is 5.00. The van der Waals surface area contributed by atoms with Crippen LogP contribution < -0.4 is 4.74 Å². The summed E-state index contributed by atoms with van der Waals surface area (Å²) in [6, 6.07) is 18.0. The van der Waals surface area contributed by atoms with Crippen molar-refractivity contribution in [3.05, 3.63) is 72.1 Å². The number of hydrogen-bond donors (Lipinski definition) is 1. The van der Waals surface area contributed by atoms with Gasteiger partial charge in [0.1, 0.15) is 5.65 Å². The van der Waals surface area contributed by atoms with Gasteiger partial charge in [0.25, 0.3) is 0 Å². The van der Waals surface area contributed by atoms with Crippen LogP contribution in [0.5, 0.6) is 11.5 Å². The van der Waals surface area contributed by atoms with Crippen LogP contribution in [0, 0.1) is 13.8 Å². The lowest BCUT2D eigenvalue weighted by molar-refractivity contribution is 0.373. The number of pyridine rings is 1. The van der Waals surface area contributed by atoms with Crippen molar-refractivity contribution in [2.45, 2.75) is 13.8 Å². The second-order valence-electron chi connectivity index (χ2n) is 6.45. The molecule has 0 amide bonds. The highest BCUT2D eigenvalue weighted by molar-refractivity contribution is 5.72. The van der Waals surface area contributed by atoms with Crippen LogP contribution in [0.4, 0.5) is 0 Å². The largest absolute Gasteiger partial charge is 0.504 e. The fourth-order valence-electron chi connectivity index (χ4n) is 3.34. The highest BCUT2D eigenvalue weighted by Crippen LogP contribution is 2.34. The summed E-state index contributed by atoms with van der Waals surface area (Å²) < 4.78 is 7.23. The first-order chi connectivity index (χ1) is 12.6. The Bertz CT molecular complexity index is 1110. The number of fused-ring (bicyclic) bond motifs is 1. The lowest BCUT2D eigenvalue weighted by Crippen LogP contribution is -1.92. The number of phenolic OH excluding ortho intramolecular Hbond substituents is 1. The number of rotatable bonds is 3. The van der Waals surface area contributed by atoms with Crippen LogP contribution >= 0.6 is 0 Å². The number of aromatic nitrogens is 2. The fraction of sp³-hybridized carbons (Fsp3) is 0.136. The molecule has 0 atom stereocenters. The summed E-state index contributed by atoms with van der Waals surface area (Å²) in [5.41, 5.74) is 7.17. The highest BCUT2D eigenvalue weighted by atomic mass is 16.5. The van der Waals surface area contributed by atoms with Crippen LogP contribution in [0.3, 0.4) is 0 Å². The topological polar surface area (TPSA) is 46.8 Å². The predicted molar refractivity (Wildman–Crippen MR) is 104 cm³/mol. The molecule has 130 valence electrons. The molecule has 0 aliphatic carbocycles. The van der Waals surface area contributed by atoms with Crippen molar-refractivity contribution in [1.29, 1.82) is 0 Å². The molecule has 0 aliphatic rings. The number of aryl methyl sites for hydroxylation is 2. The van der Waals surface area contributed by atoms with Crippen LogP contribution in [-0.4, -0.2) is 21.6 Å². The Kier molecular flexibility index (Phi) is 3.88. The van der Waals surface area contributed by atoms with Gasteiger partial charge in [-0.15, -0.1) is 0 Å². The molecule has 4 heteroatoms. The van der Waals surface area contributed by atoms with Gasteiger partial charge < -0.3 is 9.84 Å². The fourth-order valence-corrected chi connectivity index (χ4v) is 3.34. The van der Waals surface area contributed by atoms with Gasteiger partial charge in [-0.05, 0) is 55.3 Å². The van der Waals surface area contributed by atoms with E-state index in [0.29, 0.717) is 5.75 Å². The molecular formula is C22H20N2O2. The molecule has 26 heavy (non-hydrogen) atoms. The lowest BCUT2D eigenvalue weighted by atomic mass is 10.1. The van der Waals surface area contributed by atoms with Crippen LogP contribution in [0.2, 0.25) is 0 Å². The number of hydrogen-bond acceptors (Lipinski definition) is 3. The zero-order chi connectivity index (χ0) is 18.3. The standard InChI is InChI=1S/C22H20N2O2/c1-14-5-4-6-16(11-14)18-8-10-21-23-15(2)22(24(21)13-18)17-7-9-20(26-3)19(25)12-17/h4-13,25H,1-3H3. The normalized spacial score (nSPS) is 11.0. The van der Waals surface area contributed by atoms with Crippen molar-refractivity contribution < 1.29 is 9.84 Å². The van der Waals surface area contributed by atoms with Crippen LogP contribution in [-0.2, 0) is 0 Å². The van der Waals surface area contributed by atoms with Gasteiger partial charge >= 0.3 is 0 Å². The molecule has 4 nitrogen and oxygen atoms in total. The molecule has 0 saturated carbocycles. The van der Waals surface area contributed by atoms with Gasteiger partial charge in [-0.1, -0.05) is 29.8 Å². The first kappa shape index (κ1) is 16.2. The minimum absolute atomic E-state index is 0.120. The van der Waals surface area contributed by atoms with Gasteiger partial charge in [0.2, 0.25) is 0 Å². The van der Waals surface area contributed by atoms with Gasteiger partial charge in [0.15, 0.2) is 11.5 Å². The number of imidazole rings is 1. The summed E-state index contributed by atoms with van der Waals surface area (Å²) in [7, 11) is 1.54. The van der Waals surface area contributed by atoms with Crippen molar-refractivity contribution in [3.8, 4) is 33.9 Å². The summed E-state index contributed by atoms with van der Waals surface area (Å²) >= 11 is 0. The summed E-state index contributed by atoms with van der Waals surface area (Å²) in [5, 5.41) is 10.2. The zero-order valence-electron chi connectivity index (χ0n) is 15.0. The third-order valence-electron chi connectivity index (χ3n) is 4.60. The molecule has 0 aliphatic heterocycles. The van der Waals surface area contributed by atoms with Gasteiger partial charge in [0.05, 0.1) is 18.5 Å². The van der Waals surface area contributed by atoms with Gasteiger partial charge in [-0.25, -0.2) is 4.98 Å². The molecule has 0 saturated heterocycles. The molecule has 1 N–H and O–H groups in total.